The lowest BCUT2D eigenvalue weighted by atomic mass is 9.78. The Kier molecular flexibility index (Phi) is 5.03. The van der Waals surface area contributed by atoms with E-state index in [-0.39, 0.29) is 24.0 Å². The van der Waals surface area contributed by atoms with E-state index in [9.17, 15) is 9.59 Å². The second kappa shape index (κ2) is 6.89. The van der Waals surface area contributed by atoms with Gasteiger partial charge in [-0.05, 0) is 25.8 Å². The van der Waals surface area contributed by atoms with E-state index in [1.165, 1.54) is 0 Å². The molecule has 8 heteroatoms. The average Bonchev–Trinajstić information content (AvgIpc) is 2.54. The van der Waals surface area contributed by atoms with Crippen LogP contribution in [0.15, 0.2) is 12.2 Å². The molecule has 3 heterocycles. The molecule has 3 saturated heterocycles. The first-order chi connectivity index (χ1) is 11.4. The number of ether oxygens (including phenoxy) is 2. The minimum absolute atomic E-state index is 0.0534. The third kappa shape index (κ3) is 3.12. The smallest absolute Gasteiger partial charge is 0.311 e. The van der Waals surface area contributed by atoms with E-state index in [0.29, 0.717) is 19.6 Å². The van der Waals surface area contributed by atoms with Crippen LogP contribution in [-0.4, -0.2) is 55.6 Å². The van der Waals surface area contributed by atoms with Gasteiger partial charge in [0.2, 0.25) is 0 Å². The average molecular weight is 338 g/mol. The van der Waals surface area contributed by atoms with Crippen molar-refractivity contribution in [2.45, 2.75) is 51.0 Å². The minimum atomic E-state index is -0.581. The number of esters is 1. The summed E-state index contributed by atoms with van der Waals surface area (Å²) in [5.74, 6) is -1.28. The summed E-state index contributed by atoms with van der Waals surface area (Å²) < 4.78 is 11.1. The third-order valence-electron chi connectivity index (χ3n) is 4.98. The monoisotopic (exact) mass is 338 g/mol. The fourth-order valence-corrected chi connectivity index (χ4v) is 3.68. The van der Waals surface area contributed by atoms with Crippen molar-refractivity contribution in [2.24, 2.45) is 17.6 Å². The molecule has 7 unspecified atom stereocenters. The molecule has 5 N–H and O–H groups in total. The summed E-state index contributed by atoms with van der Waals surface area (Å²) in [5.41, 5.74) is 6.96. The number of rotatable bonds is 3. The van der Waals surface area contributed by atoms with E-state index in [1.807, 2.05) is 6.92 Å². The highest BCUT2D eigenvalue weighted by Gasteiger charge is 2.52. The number of carbonyl (C=O) groups is 2. The molecule has 0 radical (unpaired) electrons. The van der Waals surface area contributed by atoms with Crippen molar-refractivity contribution in [3.8, 4) is 0 Å². The van der Waals surface area contributed by atoms with Crippen LogP contribution in [0.25, 0.3) is 0 Å². The predicted octanol–water partition coefficient (Wildman–Crippen LogP) is -1.18. The van der Waals surface area contributed by atoms with E-state index in [1.54, 1.807) is 6.92 Å². The van der Waals surface area contributed by atoms with Gasteiger partial charge in [-0.3, -0.25) is 25.5 Å². The van der Waals surface area contributed by atoms with Gasteiger partial charge in [0.15, 0.2) is 5.78 Å². The molecule has 0 aromatic carbocycles. The van der Waals surface area contributed by atoms with Crippen LogP contribution in [0.3, 0.4) is 0 Å². The normalized spacial score (nSPS) is 42.0. The van der Waals surface area contributed by atoms with E-state index in [2.05, 4.69) is 22.5 Å². The highest BCUT2D eigenvalue weighted by Crippen LogP contribution is 2.33. The van der Waals surface area contributed by atoms with Gasteiger partial charge in [0.1, 0.15) is 6.23 Å². The first-order valence-electron chi connectivity index (χ1n) is 8.44. The lowest BCUT2D eigenvalue weighted by molar-refractivity contribution is -0.175. The second-order valence-corrected chi connectivity index (χ2v) is 6.72. The quantitative estimate of drug-likeness (QED) is 0.375. The van der Waals surface area contributed by atoms with E-state index < -0.39 is 30.3 Å². The molecule has 8 nitrogen and oxygen atoms in total. The Bertz CT molecular complexity index is 540. The molecule has 0 spiro atoms. The number of nitrogens with two attached hydrogens (primary N) is 1. The molecule has 0 amide bonds. The molecule has 7 atom stereocenters. The van der Waals surface area contributed by atoms with E-state index >= 15 is 0 Å². The highest BCUT2D eigenvalue weighted by molar-refractivity contribution is 5.89. The number of ketones is 1. The SMILES string of the molecule is C=C(C)C1NCC2OC3NC(N)C(C(=O)OCC)CC3C(=O)C2N1. The topological polar surface area (TPSA) is 115 Å². The van der Waals surface area contributed by atoms with Gasteiger partial charge in [-0.2, -0.15) is 0 Å². The Morgan fingerprint density at radius 2 is 2.21 bits per heavy atom. The van der Waals surface area contributed by atoms with Crippen molar-refractivity contribution in [1.82, 2.24) is 16.0 Å². The van der Waals surface area contributed by atoms with E-state index in [0.717, 1.165) is 5.57 Å². The molecule has 0 aromatic heterocycles. The zero-order valence-corrected chi connectivity index (χ0v) is 14.1. The van der Waals surface area contributed by atoms with Crippen LogP contribution < -0.4 is 21.7 Å². The standard InChI is InChI=1S/C16H26N4O4/c1-4-23-16(22)9-5-8-12(21)11-10(24-15(8)20-13(9)17)6-18-14(19-11)7(2)3/h8-11,13-15,18-20H,2,4-6,17H2,1,3H3. The first-order valence-corrected chi connectivity index (χ1v) is 8.44. The van der Waals surface area contributed by atoms with Crippen molar-refractivity contribution >= 4 is 11.8 Å². The van der Waals surface area contributed by atoms with Gasteiger partial charge in [0.25, 0.3) is 0 Å². The fraction of sp³-hybridized carbons (Fsp3) is 0.750. The Hall–Kier alpha value is -1.32. The molecule has 134 valence electrons. The van der Waals surface area contributed by atoms with Crippen molar-refractivity contribution in [3.63, 3.8) is 0 Å². The Balaban J connectivity index is 1.74. The number of Topliss-reactive ketones (excluding diaryl/α,β-unsaturated/α-hetero) is 1. The number of hydrogen-bond donors (Lipinski definition) is 4. The molecule has 3 fully saturated rings. The number of nitrogens with one attached hydrogen (secondary N) is 3. The van der Waals surface area contributed by atoms with Crippen LogP contribution in [0.4, 0.5) is 0 Å². The van der Waals surface area contributed by atoms with Crippen LogP contribution in [0.1, 0.15) is 20.3 Å². The molecule has 3 rings (SSSR count). The lowest BCUT2D eigenvalue weighted by Gasteiger charge is -2.49. The first kappa shape index (κ1) is 17.5. The zero-order chi connectivity index (χ0) is 17.4. The van der Waals surface area contributed by atoms with Gasteiger partial charge in [-0.15, -0.1) is 0 Å². The van der Waals surface area contributed by atoms with Gasteiger partial charge < -0.3 is 15.2 Å². The second-order valence-electron chi connectivity index (χ2n) is 6.72. The zero-order valence-electron chi connectivity index (χ0n) is 14.1. The van der Waals surface area contributed by atoms with Crippen LogP contribution in [-0.2, 0) is 19.1 Å². The number of carbonyl (C=O) groups excluding carboxylic acids is 2. The summed E-state index contributed by atoms with van der Waals surface area (Å²) in [6.07, 6.45) is -1.10. The maximum absolute atomic E-state index is 13.0. The van der Waals surface area contributed by atoms with Crippen molar-refractivity contribution in [1.29, 1.82) is 0 Å². The lowest BCUT2D eigenvalue weighted by Crippen LogP contribution is -2.73. The molecule has 3 aliphatic rings. The Labute approximate surface area is 141 Å². The molecule has 0 aromatic rings. The van der Waals surface area contributed by atoms with Crippen molar-refractivity contribution in [3.05, 3.63) is 12.2 Å². The molecule has 24 heavy (non-hydrogen) atoms. The summed E-state index contributed by atoms with van der Waals surface area (Å²) in [4.78, 5) is 25.0. The minimum Gasteiger partial charge on any atom is -0.466 e. The maximum atomic E-state index is 13.0. The Morgan fingerprint density at radius 3 is 2.88 bits per heavy atom. The van der Waals surface area contributed by atoms with Crippen LogP contribution >= 0.6 is 0 Å². The molecule has 0 saturated carbocycles. The van der Waals surface area contributed by atoms with Crippen molar-refractivity contribution < 1.29 is 19.1 Å². The Morgan fingerprint density at radius 1 is 1.46 bits per heavy atom. The van der Waals surface area contributed by atoms with Gasteiger partial charge in [-0.25, -0.2) is 0 Å². The van der Waals surface area contributed by atoms with Gasteiger partial charge in [0, 0.05) is 6.54 Å². The summed E-state index contributed by atoms with van der Waals surface area (Å²) >= 11 is 0. The molecular weight excluding hydrogens is 312 g/mol. The van der Waals surface area contributed by atoms with Crippen LogP contribution in [0, 0.1) is 11.8 Å². The third-order valence-corrected chi connectivity index (χ3v) is 4.98. The van der Waals surface area contributed by atoms with Crippen molar-refractivity contribution in [2.75, 3.05) is 13.2 Å². The van der Waals surface area contributed by atoms with Gasteiger partial charge >= 0.3 is 5.97 Å². The molecule has 0 aliphatic carbocycles. The van der Waals surface area contributed by atoms with Gasteiger partial charge in [0.05, 0.1) is 42.9 Å². The summed E-state index contributed by atoms with van der Waals surface area (Å²) in [5, 5.41) is 9.59. The summed E-state index contributed by atoms with van der Waals surface area (Å²) in [6.45, 7) is 8.42. The molecule has 0 bridgehead atoms. The number of piperidine rings is 1. The predicted molar refractivity (Wildman–Crippen MR) is 86.5 cm³/mol. The fourth-order valence-electron chi connectivity index (χ4n) is 3.68. The van der Waals surface area contributed by atoms with E-state index in [4.69, 9.17) is 15.2 Å². The molecule has 3 aliphatic heterocycles. The summed E-state index contributed by atoms with van der Waals surface area (Å²) in [6, 6.07) is -0.409. The number of fused-ring (bicyclic) bond motifs is 2. The van der Waals surface area contributed by atoms with Crippen LogP contribution in [0.5, 0.6) is 0 Å². The maximum Gasteiger partial charge on any atom is 0.311 e. The van der Waals surface area contributed by atoms with Crippen LogP contribution in [0.2, 0.25) is 0 Å². The summed E-state index contributed by atoms with van der Waals surface area (Å²) in [7, 11) is 0. The highest BCUT2D eigenvalue weighted by atomic mass is 16.5. The molecular formula is C16H26N4O4. The largest absolute Gasteiger partial charge is 0.466 e. The number of hydrogen-bond acceptors (Lipinski definition) is 8. The van der Waals surface area contributed by atoms with Gasteiger partial charge in [-0.1, -0.05) is 6.58 Å².